The highest BCUT2D eigenvalue weighted by Crippen LogP contribution is 2.21. The normalized spacial score (nSPS) is 16.5. The molecule has 1 amide bonds. The van der Waals surface area contributed by atoms with Crippen LogP contribution in [0.15, 0.2) is 36.5 Å². The zero-order valence-corrected chi connectivity index (χ0v) is 11.6. The number of rotatable bonds is 4. The molecule has 3 rings (SSSR count). The Hall–Kier alpha value is -2.90. The summed E-state index contributed by atoms with van der Waals surface area (Å²) in [6.45, 7) is 0.644. The minimum absolute atomic E-state index is 0.113. The van der Waals surface area contributed by atoms with Crippen molar-refractivity contribution in [3.05, 3.63) is 52.2 Å². The zero-order chi connectivity index (χ0) is 15.5. The number of carbonyl (C=O) groups is 1. The van der Waals surface area contributed by atoms with Gasteiger partial charge in [-0.15, -0.1) is 0 Å². The third kappa shape index (κ3) is 3.05. The minimum atomic E-state index is -0.572. The lowest BCUT2D eigenvalue weighted by molar-refractivity contribution is -0.389. The Morgan fingerprint density at radius 2 is 2.23 bits per heavy atom. The summed E-state index contributed by atoms with van der Waals surface area (Å²) < 4.78 is 6.89. The molecule has 0 aliphatic carbocycles. The molecule has 0 radical (unpaired) electrons. The fourth-order valence-corrected chi connectivity index (χ4v) is 2.33. The molecular weight excluding hydrogens is 288 g/mol. The Balaban J connectivity index is 1.60. The van der Waals surface area contributed by atoms with E-state index in [4.69, 9.17) is 4.74 Å². The van der Waals surface area contributed by atoms with Crippen LogP contribution in [0.2, 0.25) is 0 Å². The van der Waals surface area contributed by atoms with Crippen LogP contribution in [0.4, 0.5) is 5.82 Å². The molecular formula is C14H14N4O4. The molecule has 1 aromatic carbocycles. The third-order valence-corrected chi connectivity index (χ3v) is 3.32. The van der Waals surface area contributed by atoms with Crippen molar-refractivity contribution in [3.63, 3.8) is 0 Å². The summed E-state index contributed by atoms with van der Waals surface area (Å²) in [4.78, 5) is 25.9. The molecule has 0 fully saturated rings. The van der Waals surface area contributed by atoms with Gasteiger partial charge < -0.3 is 20.2 Å². The standard InChI is InChI=1S/C14H14N4O4/c19-13(6-10-4-2-1-3-5-10)15-11-7-17-8-12(18(20)21)16-14(17)22-9-11/h1-5,8,11H,6-7,9H2,(H,15,19)/t11-/m0/s1. The number of nitrogens with one attached hydrogen (secondary N) is 1. The predicted octanol–water partition coefficient (Wildman–Crippen LogP) is 0.911. The van der Waals surface area contributed by atoms with Gasteiger partial charge in [0.2, 0.25) is 5.91 Å². The maximum atomic E-state index is 12.0. The van der Waals surface area contributed by atoms with Crippen LogP contribution in [0.1, 0.15) is 5.56 Å². The van der Waals surface area contributed by atoms with E-state index in [1.807, 2.05) is 30.3 Å². The van der Waals surface area contributed by atoms with Gasteiger partial charge in [-0.2, -0.15) is 0 Å². The number of nitrogens with zero attached hydrogens (tertiary/aromatic N) is 3. The first-order valence-corrected chi connectivity index (χ1v) is 6.79. The van der Waals surface area contributed by atoms with Crippen molar-refractivity contribution >= 4 is 11.7 Å². The summed E-state index contributed by atoms with van der Waals surface area (Å²) in [5.41, 5.74) is 0.927. The summed E-state index contributed by atoms with van der Waals surface area (Å²) in [5, 5.41) is 13.5. The third-order valence-electron chi connectivity index (χ3n) is 3.32. The predicted molar refractivity (Wildman–Crippen MR) is 76.5 cm³/mol. The Morgan fingerprint density at radius 3 is 2.95 bits per heavy atom. The van der Waals surface area contributed by atoms with E-state index in [2.05, 4.69) is 10.3 Å². The number of hydrogen-bond acceptors (Lipinski definition) is 5. The van der Waals surface area contributed by atoms with E-state index < -0.39 is 4.92 Å². The largest absolute Gasteiger partial charge is 0.444 e. The summed E-state index contributed by atoms with van der Waals surface area (Å²) in [6, 6.07) is 9.39. The van der Waals surface area contributed by atoms with E-state index in [0.29, 0.717) is 6.54 Å². The number of fused-ring (bicyclic) bond motifs is 1. The molecule has 0 bridgehead atoms. The number of benzene rings is 1. The second-order valence-electron chi connectivity index (χ2n) is 5.03. The number of carbonyl (C=O) groups excluding carboxylic acids is 1. The lowest BCUT2D eigenvalue weighted by Crippen LogP contribution is -2.45. The Kier molecular flexibility index (Phi) is 3.73. The first-order valence-electron chi connectivity index (χ1n) is 6.79. The number of ether oxygens (including phenoxy) is 1. The minimum Gasteiger partial charge on any atom is -0.444 e. The van der Waals surface area contributed by atoms with Gasteiger partial charge in [0.05, 0.1) is 19.0 Å². The fourth-order valence-electron chi connectivity index (χ4n) is 2.33. The van der Waals surface area contributed by atoms with Crippen LogP contribution in [0.25, 0.3) is 0 Å². The monoisotopic (exact) mass is 302 g/mol. The molecule has 8 nitrogen and oxygen atoms in total. The SMILES string of the molecule is O=C(Cc1ccccc1)N[C@@H]1COc2nc([N+](=O)[O-])cn2C1. The molecule has 8 heteroatoms. The topological polar surface area (TPSA) is 99.3 Å². The lowest BCUT2D eigenvalue weighted by Gasteiger charge is -2.23. The van der Waals surface area contributed by atoms with Gasteiger partial charge in [-0.05, 0) is 10.5 Å². The number of aromatic nitrogens is 2. The van der Waals surface area contributed by atoms with Gasteiger partial charge in [-0.3, -0.25) is 9.36 Å². The molecule has 0 spiro atoms. The van der Waals surface area contributed by atoms with Crippen LogP contribution >= 0.6 is 0 Å². The molecule has 1 aliphatic rings. The lowest BCUT2D eigenvalue weighted by atomic mass is 10.1. The van der Waals surface area contributed by atoms with Crippen molar-refractivity contribution in [3.8, 4) is 6.01 Å². The Morgan fingerprint density at radius 1 is 1.45 bits per heavy atom. The average Bonchev–Trinajstić information content (AvgIpc) is 2.91. The van der Waals surface area contributed by atoms with Gasteiger partial charge in [-0.25, -0.2) is 0 Å². The summed E-state index contributed by atoms with van der Waals surface area (Å²) in [6.07, 6.45) is 1.60. The van der Waals surface area contributed by atoms with Crippen LogP contribution < -0.4 is 10.1 Å². The van der Waals surface area contributed by atoms with Crippen molar-refractivity contribution in [2.24, 2.45) is 0 Å². The molecule has 0 unspecified atom stereocenters. The molecule has 0 saturated carbocycles. The van der Waals surface area contributed by atoms with E-state index in [9.17, 15) is 14.9 Å². The quantitative estimate of drug-likeness (QED) is 0.668. The summed E-state index contributed by atoms with van der Waals surface area (Å²) >= 11 is 0. The fraction of sp³-hybridized carbons (Fsp3) is 0.286. The molecule has 1 aromatic heterocycles. The van der Waals surface area contributed by atoms with Crippen molar-refractivity contribution < 1.29 is 14.5 Å². The van der Waals surface area contributed by atoms with Crippen molar-refractivity contribution in [2.75, 3.05) is 6.61 Å². The second-order valence-corrected chi connectivity index (χ2v) is 5.03. The van der Waals surface area contributed by atoms with E-state index >= 15 is 0 Å². The first kappa shape index (κ1) is 14.1. The number of amides is 1. The van der Waals surface area contributed by atoms with E-state index in [-0.39, 0.29) is 36.8 Å². The zero-order valence-electron chi connectivity index (χ0n) is 11.6. The second kappa shape index (κ2) is 5.84. The molecule has 1 N–H and O–H groups in total. The van der Waals surface area contributed by atoms with Crippen LogP contribution in [-0.4, -0.2) is 33.0 Å². The van der Waals surface area contributed by atoms with Crippen molar-refractivity contribution in [2.45, 2.75) is 19.0 Å². The van der Waals surface area contributed by atoms with E-state index in [0.717, 1.165) is 5.56 Å². The van der Waals surface area contributed by atoms with Gasteiger partial charge >= 0.3 is 11.8 Å². The van der Waals surface area contributed by atoms with E-state index in [1.165, 1.54) is 10.8 Å². The Labute approximate surface area is 125 Å². The Bertz CT molecular complexity index is 698. The summed E-state index contributed by atoms with van der Waals surface area (Å²) in [5.74, 6) is -0.371. The van der Waals surface area contributed by atoms with Gasteiger partial charge in [0.15, 0.2) is 0 Å². The molecule has 114 valence electrons. The first-order chi connectivity index (χ1) is 10.6. The maximum absolute atomic E-state index is 12.0. The molecule has 22 heavy (non-hydrogen) atoms. The number of imidazole rings is 1. The molecule has 1 atom stereocenters. The van der Waals surface area contributed by atoms with Gasteiger partial charge in [0, 0.05) is 4.98 Å². The highest BCUT2D eigenvalue weighted by atomic mass is 16.6. The van der Waals surface area contributed by atoms with Gasteiger partial charge in [0.25, 0.3) is 0 Å². The van der Waals surface area contributed by atoms with Crippen LogP contribution in [0, 0.1) is 10.1 Å². The highest BCUT2D eigenvalue weighted by Gasteiger charge is 2.28. The maximum Gasteiger partial charge on any atom is 0.414 e. The van der Waals surface area contributed by atoms with Gasteiger partial charge in [-0.1, -0.05) is 30.3 Å². The smallest absolute Gasteiger partial charge is 0.414 e. The highest BCUT2D eigenvalue weighted by molar-refractivity contribution is 5.78. The van der Waals surface area contributed by atoms with E-state index in [1.54, 1.807) is 0 Å². The molecule has 2 aromatic rings. The van der Waals surface area contributed by atoms with Crippen LogP contribution in [0.5, 0.6) is 6.01 Å². The molecule has 1 aliphatic heterocycles. The van der Waals surface area contributed by atoms with Crippen LogP contribution in [0.3, 0.4) is 0 Å². The number of nitro groups is 1. The van der Waals surface area contributed by atoms with Crippen LogP contribution in [-0.2, 0) is 17.8 Å². The summed E-state index contributed by atoms with van der Waals surface area (Å²) in [7, 11) is 0. The number of hydrogen-bond donors (Lipinski definition) is 1. The average molecular weight is 302 g/mol. The van der Waals surface area contributed by atoms with Crippen molar-refractivity contribution in [1.29, 1.82) is 0 Å². The molecule has 2 heterocycles. The molecule has 0 saturated heterocycles. The van der Waals surface area contributed by atoms with Gasteiger partial charge in [0.1, 0.15) is 12.8 Å². The van der Waals surface area contributed by atoms with Crippen molar-refractivity contribution in [1.82, 2.24) is 14.9 Å².